The number of Topliss-reactive ketones (excluding diaryl/α,β-unsaturated/α-hetero) is 1. The number of nitrogens with zero attached hydrogens (tertiary/aromatic N) is 2. The Balaban J connectivity index is 1.39. The molecule has 0 aliphatic carbocycles. The second-order valence-corrected chi connectivity index (χ2v) is 9.77. The van der Waals surface area contributed by atoms with Crippen LogP contribution in [0.3, 0.4) is 0 Å². The van der Waals surface area contributed by atoms with Gasteiger partial charge in [-0.05, 0) is 35.4 Å². The summed E-state index contributed by atoms with van der Waals surface area (Å²) >= 11 is 0. The Morgan fingerprint density at radius 1 is 0.949 bits per heavy atom. The van der Waals surface area contributed by atoms with Crippen molar-refractivity contribution in [3.63, 3.8) is 0 Å². The maximum Gasteiger partial charge on any atom is 0.416 e. The lowest BCUT2D eigenvalue weighted by atomic mass is 9.86. The van der Waals surface area contributed by atoms with E-state index in [9.17, 15) is 27.6 Å². The quantitative estimate of drug-likeness (QED) is 0.503. The Morgan fingerprint density at radius 3 is 2.38 bits per heavy atom. The molecule has 10 heteroatoms. The van der Waals surface area contributed by atoms with Gasteiger partial charge in [-0.2, -0.15) is 13.2 Å². The number of ketones is 1. The Bertz CT molecular complexity index is 1480. The number of hydrogen-bond donors (Lipinski definition) is 1. The summed E-state index contributed by atoms with van der Waals surface area (Å²) in [6, 6.07) is 15.3. The van der Waals surface area contributed by atoms with Crippen LogP contribution in [0, 0.1) is 0 Å². The summed E-state index contributed by atoms with van der Waals surface area (Å²) in [5.74, 6) is -1.02. The molecule has 1 atom stereocenters. The summed E-state index contributed by atoms with van der Waals surface area (Å²) in [5, 5.41) is 3.21. The molecule has 200 valence electrons. The second kappa shape index (κ2) is 9.53. The molecule has 3 heterocycles. The van der Waals surface area contributed by atoms with Gasteiger partial charge in [0.05, 0.1) is 29.8 Å². The SMILES string of the molecule is O=C1C(=O)N(Cc2ccc(C(F)(F)F)cc2)c2ccc3c(c21)C(CC(=O)N1CCNCC1)Oc1ccccc1-3. The molecule has 1 N–H and O–H groups in total. The molecule has 3 aliphatic heterocycles. The van der Waals surface area contributed by atoms with E-state index >= 15 is 0 Å². The Labute approximate surface area is 222 Å². The fraction of sp³-hybridized carbons (Fsp3) is 0.276. The molecule has 3 aromatic rings. The van der Waals surface area contributed by atoms with E-state index in [2.05, 4.69) is 5.32 Å². The van der Waals surface area contributed by atoms with Crippen LogP contribution in [-0.4, -0.2) is 48.7 Å². The zero-order valence-corrected chi connectivity index (χ0v) is 20.8. The number of para-hydroxylation sites is 1. The number of hydrogen-bond acceptors (Lipinski definition) is 5. The zero-order valence-electron chi connectivity index (χ0n) is 20.8. The maximum absolute atomic E-state index is 13.4. The first-order valence-corrected chi connectivity index (χ1v) is 12.7. The molecule has 0 radical (unpaired) electrons. The number of anilines is 1. The van der Waals surface area contributed by atoms with Crippen LogP contribution in [0.1, 0.15) is 39.6 Å². The monoisotopic (exact) mass is 535 g/mol. The molecule has 7 nitrogen and oxygen atoms in total. The largest absolute Gasteiger partial charge is 0.484 e. The van der Waals surface area contributed by atoms with E-state index in [0.717, 1.165) is 17.7 Å². The zero-order chi connectivity index (χ0) is 27.3. The third kappa shape index (κ3) is 4.44. The number of rotatable bonds is 4. The van der Waals surface area contributed by atoms with Crippen molar-refractivity contribution in [1.29, 1.82) is 0 Å². The van der Waals surface area contributed by atoms with Crippen LogP contribution in [0.5, 0.6) is 5.75 Å². The van der Waals surface area contributed by atoms with Gasteiger partial charge in [0.25, 0.3) is 11.7 Å². The van der Waals surface area contributed by atoms with Crippen molar-refractivity contribution in [2.75, 3.05) is 31.1 Å². The van der Waals surface area contributed by atoms with E-state index in [1.807, 2.05) is 24.3 Å². The Morgan fingerprint density at radius 2 is 1.67 bits per heavy atom. The van der Waals surface area contributed by atoms with Crippen LogP contribution in [0.4, 0.5) is 18.9 Å². The van der Waals surface area contributed by atoms with Gasteiger partial charge in [0.2, 0.25) is 5.91 Å². The molecular formula is C29H24F3N3O4. The van der Waals surface area contributed by atoms with Crippen LogP contribution in [0.25, 0.3) is 11.1 Å². The van der Waals surface area contributed by atoms with Crippen LogP contribution >= 0.6 is 0 Å². The highest BCUT2D eigenvalue weighted by molar-refractivity contribution is 6.52. The third-order valence-electron chi connectivity index (χ3n) is 7.40. The molecule has 0 saturated carbocycles. The van der Waals surface area contributed by atoms with Gasteiger partial charge in [0, 0.05) is 37.3 Å². The molecule has 6 rings (SSSR count). The van der Waals surface area contributed by atoms with E-state index in [1.54, 1.807) is 17.0 Å². The molecule has 1 saturated heterocycles. The number of ether oxygens (including phenoxy) is 1. The minimum Gasteiger partial charge on any atom is -0.484 e. The van der Waals surface area contributed by atoms with E-state index in [4.69, 9.17) is 4.74 Å². The highest BCUT2D eigenvalue weighted by Crippen LogP contribution is 2.49. The van der Waals surface area contributed by atoms with Gasteiger partial charge in [-0.15, -0.1) is 0 Å². The first-order chi connectivity index (χ1) is 18.7. The highest BCUT2D eigenvalue weighted by Gasteiger charge is 2.43. The van der Waals surface area contributed by atoms with Gasteiger partial charge in [0.15, 0.2) is 0 Å². The van der Waals surface area contributed by atoms with E-state index in [1.165, 1.54) is 17.0 Å². The molecular weight excluding hydrogens is 511 g/mol. The molecule has 3 aromatic carbocycles. The predicted molar refractivity (Wildman–Crippen MR) is 136 cm³/mol. The first kappa shape index (κ1) is 25.1. The van der Waals surface area contributed by atoms with E-state index in [0.29, 0.717) is 54.3 Å². The van der Waals surface area contributed by atoms with Gasteiger partial charge in [-0.3, -0.25) is 14.4 Å². The third-order valence-corrected chi connectivity index (χ3v) is 7.40. The maximum atomic E-state index is 13.4. The van der Waals surface area contributed by atoms with Crippen LogP contribution in [0.2, 0.25) is 0 Å². The summed E-state index contributed by atoms with van der Waals surface area (Å²) in [6.45, 7) is 2.45. The van der Waals surface area contributed by atoms with Crippen molar-refractivity contribution in [1.82, 2.24) is 10.2 Å². The summed E-state index contributed by atoms with van der Waals surface area (Å²) in [7, 11) is 0. The molecule has 39 heavy (non-hydrogen) atoms. The van der Waals surface area contributed by atoms with Crippen molar-refractivity contribution in [3.8, 4) is 16.9 Å². The van der Waals surface area contributed by atoms with E-state index < -0.39 is 29.5 Å². The van der Waals surface area contributed by atoms with Gasteiger partial charge < -0.3 is 19.9 Å². The van der Waals surface area contributed by atoms with Crippen LogP contribution in [-0.2, 0) is 22.3 Å². The van der Waals surface area contributed by atoms with Crippen molar-refractivity contribution >= 4 is 23.3 Å². The molecule has 0 spiro atoms. The van der Waals surface area contributed by atoms with Crippen molar-refractivity contribution in [2.45, 2.75) is 25.2 Å². The smallest absolute Gasteiger partial charge is 0.416 e. The summed E-state index contributed by atoms with van der Waals surface area (Å²) in [5.41, 5.74) is 2.14. The lowest BCUT2D eigenvalue weighted by molar-refractivity contribution is -0.137. The van der Waals surface area contributed by atoms with E-state index in [-0.39, 0.29) is 24.4 Å². The van der Waals surface area contributed by atoms with Gasteiger partial charge in [-0.1, -0.05) is 36.4 Å². The normalized spacial score (nSPS) is 18.4. The highest BCUT2D eigenvalue weighted by atomic mass is 19.4. The fourth-order valence-corrected chi connectivity index (χ4v) is 5.47. The fourth-order valence-electron chi connectivity index (χ4n) is 5.47. The average Bonchev–Trinajstić information content (AvgIpc) is 3.18. The summed E-state index contributed by atoms with van der Waals surface area (Å²) < 4.78 is 45.3. The number of fused-ring (bicyclic) bond motifs is 5. The van der Waals surface area contributed by atoms with Gasteiger partial charge in [0.1, 0.15) is 11.9 Å². The predicted octanol–water partition coefficient (Wildman–Crippen LogP) is 4.36. The number of amides is 2. The Hall–Kier alpha value is -4.18. The number of carbonyl (C=O) groups excluding carboxylic acids is 3. The Kier molecular flexibility index (Phi) is 6.14. The molecule has 1 fully saturated rings. The minimum absolute atomic E-state index is 0.00182. The number of nitrogens with one attached hydrogen (secondary N) is 1. The molecule has 2 amide bonds. The van der Waals surface area contributed by atoms with Gasteiger partial charge >= 0.3 is 6.18 Å². The number of benzene rings is 3. The topological polar surface area (TPSA) is 79.0 Å². The van der Waals surface area contributed by atoms with Gasteiger partial charge in [-0.25, -0.2) is 0 Å². The average molecular weight is 536 g/mol. The standard InChI is InChI=1S/C29H24F3N3O4/c30-29(31,32)18-7-5-17(6-8-18)16-35-21-10-9-20-19-3-1-2-4-22(19)39-23(25(20)26(21)27(37)28(35)38)15-24(36)34-13-11-33-12-14-34/h1-10,23,33H,11-16H2. The number of halogens is 3. The molecule has 0 bridgehead atoms. The van der Waals surface area contributed by atoms with Crippen LogP contribution in [0.15, 0.2) is 60.7 Å². The van der Waals surface area contributed by atoms with Crippen molar-refractivity contribution in [2.24, 2.45) is 0 Å². The number of piperazine rings is 1. The number of carbonyl (C=O) groups is 3. The van der Waals surface area contributed by atoms with Crippen LogP contribution < -0.4 is 15.0 Å². The van der Waals surface area contributed by atoms with Crippen molar-refractivity contribution < 1.29 is 32.3 Å². The molecule has 0 aromatic heterocycles. The minimum atomic E-state index is -4.48. The second-order valence-electron chi connectivity index (χ2n) is 9.77. The summed E-state index contributed by atoms with van der Waals surface area (Å²) in [6.07, 6.45) is -5.26. The lowest BCUT2D eigenvalue weighted by Crippen LogP contribution is -2.47. The molecule has 1 unspecified atom stereocenters. The lowest BCUT2D eigenvalue weighted by Gasteiger charge is -2.33. The molecule has 3 aliphatic rings. The number of alkyl halides is 3. The van der Waals surface area contributed by atoms with Crippen molar-refractivity contribution in [3.05, 3.63) is 82.9 Å². The summed E-state index contributed by atoms with van der Waals surface area (Å²) in [4.78, 5) is 42.8. The first-order valence-electron chi connectivity index (χ1n) is 12.7.